The molecule has 0 bridgehead atoms. The molecule has 1 saturated carbocycles. The summed E-state index contributed by atoms with van der Waals surface area (Å²) >= 11 is 5.92. The van der Waals surface area contributed by atoms with Gasteiger partial charge in [-0.15, -0.1) is 10.2 Å². The van der Waals surface area contributed by atoms with E-state index in [4.69, 9.17) is 21.1 Å². The molecule has 1 fully saturated rings. The first-order valence-corrected chi connectivity index (χ1v) is 8.48. The Morgan fingerprint density at radius 3 is 2.64 bits per heavy atom. The molecule has 1 aromatic rings. The zero-order chi connectivity index (χ0) is 18.6. The smallest absolute Gasteiger partial charge is 0.407 e. The summed E-state index contributed by atoms with van der Waals surface area (Å²) in [6.07, 6.45) is 1.41. The van der Waals surface area contributed by atoms with Gasteiger partial charge in [-0.25, -0.2) is 4.79 Å². The van der Waals surface area contributed by atoms with Gasteiger partial charge >= 0.3 is 6.09 Å². The third kappa shape index (κ3) is 6.74. The lowest BCUT2D eigenvalue weighted by Gasteiger charge is -2.21. The quantitative estimate of drug-likeness (QED) is 0.796. The molecular formula is C16H23ClN4O4. The van der Waals surface area contributed by atoms with E-state index < -0.39 is 11.7 Å². The summed E-state index contributed by atoms with van der Waals surface area (Å²) in [5.41, 5.74) is -0.359. The minimum absolute atomic E-state index is 0.0189. The van der Waals surface area contributed by atoms with Crippen LogP contribution >= 0.6 is 11.6 Å². The van der Waals surface area contributed by atoms with Crippen LogP contribution in [-0.2, 0) is 4.74 Å². The molecule has 0 spiro atoms. The summed E-state index contributed by atoms with van der Waals surface area (Å²) in [6.45, 7) is 7.25. The highest BCUT2D eigenvalue weighted by atomic mass is 35.5. The van der Waals surface area contributed by atoms with E-state index >= 15 is 0 Å². The van der Waals surface area contributed by atoms with Gasteiger partial charge in [-0.05, 0) is 40.5 Å². The second-order valence-electron chi connectivity index (χ2n) is 6.99. The summed E-state index contributed by atoms with van der Waals surface area (Å²) in [6, 6.07) is 1.32. The lowest BCUT2D eigenvalue weighted by molar-refractivity contribution is 0.0493. The lowest BCUT2D eigenvalue weighted by atomic mass is 10.2. The molecule has 0 radical (unpaired) electrons. The van der Waals surface area contributed by atoms with E-state index in [2.05, 4.69) is 20.8 Å². The van der Waals surface area contributed by atoms with Crippen LogP contribution in [-0.4, -0.2) is 46.5 Å². The van der Waals surface area contributed by atoms with Crippen molar-refractivity contribution in [3.05, 3.63) is 16.8 Å². The Labute approximate surface area is 151 Å². The number of nitrogens with zero attached hydrogens (tertiary/aromatic N) is 2. The first kappa shape index (κ1) is 19.2. The van der Waals surface area contributed by atoms with Crippen LogP contribution < -0.4 is 15.4 Å². The second-order valence-corrected chi connectivity index (χ2v) is 7.35. The minimum atomic E-state index is -0.573. The Morgan fingerprint density at radius 1 is 1.36 bits per heavy atom. The van der Waals surface area contributed by atoms with Crippen molar-refractivity contribution in [2.24, 2.45) is 0 Å². The molecule has 2 N–H and O–H groups in total. The van der Waals surface area contributed by atoms with Crippen LogP contribution in [0.4, 0.5) is 4.79 Å². The molecule has 1 aliphatic carbocycles. The molecule has 1 heterocycles. The summed E-state index contributed by atoms with van der Waals surface area (Å²) in [5.74, 6) is -0.143. The van der Waals surface area contributed by atoms with Crippen molar-refractivity contribution in [1.82, 2.24) is 20.8 Å². The molecule has 1 aromatic heterocycles. The maximum Gasteiger partial charge on any atom is 0.407 e. The number of nitrogens with one attached hydrogen (secondary N) is 2. The van der Waals surface area contributed by atoms with Crippen LogP contribution in [0.2, 0.25) is 5.15 Å². The summed E-state index contributed by atoms with van der Waals surface area (Å²) in [5, 5.41) is 13.0. The van der Waals surface area contributed by atoms with Gasteiger partial charge in [-0.3, -0.25) is 4.79 Å². The fourth-order valence-corrected chi connectivity index (χ4v) is 2.02. The van der Waals surface area contributed by atoms with E-state index in [9.17, 15) is 9.59 Å². The molecule has 1 atom stereocenters. The first-order chi connectivity index (χ1) is 11.6. The van der Waals surface area contributed by atoms with Crippen molar-refractivity contribution in [2.75, 3.05) is 6.61 Å². The van der Waals surface area contributed by atoms with E-state index in [-0.39, 0.29) is 41.2 Å². The highest BCUT2D eigenvalue weighted by molar-refractivity contribution is 6.32. The Balaban J connectivity index is 1.87. The van der Waals surface area contributed by atoms with Gasteiger partial charge in [-0.1, -0.05) is 11.6 Å². The van der Waals surface area contributed by atoms with Crippen molar-refractivity contribution in [2.45, 2.75) is 58.2 Å². The van der Waals surface area contributed by atoms with Crippen LogP contribution in [0.1, 0.15) is 50.9 Å². The minimum Gasteiger partial charge on any atom is -0.474 e. The fraction of sp³-hybridized carbons (Fsp3) is 0.625. The Morgan fingerprint density at radius 2 is 2.04 bits per heavy atom. The highest BCUT2D eigenvalue weighted by Crippen LogP contribution is 2.22. The van der Waals surface area contributed by atoms with Crippen LogP contribution in [0.25, 0.3) is 0 Å². The molecule has 9 heteroatoms. The number of carbonyl (C=O) groups excluding carboxylic acids is 2. The third-order valence-electron chi connectivity index (χ3n) is 3.13. The van der Waals surface area contributed by atoms with E-state index in [0.29, 0.717) is 0 Å². The van der Waals surface area contributed by atoms with Crippen LogP contribution in [0.3, 0.4) is 0 Å². The van der Waals surface area contributed by atoms with Crippen molar-refractivity contribution in [3.8, 4) is 5.88 Å². The van der Waals surface area contributed by atoms with Crippen molar-refractivity contribution >= 4 is 23.6 Å². The van der Waals surface area contributed by atoms with Crippen LogP contribution in [0.5, 0.6) is 5.88 Å². The largest absolute Gasteiger partial charge is 0.474 e. The number of halogens is 1. The van der Waals surface area contributed by atoms with E-state index in [1.807, 2.05) is 0 Å². The summed E-state index contributed by atoms with van der Waals surface area (Å²) < 4.78 is 10.6. The van der Waals surface area contributed by atoms with Crippen molar-refractivity contribution < 1.29 is 19.1 Å². The van der Waals surface area contributed by atoms with Gasteiger partial charge in [0.1, 0.15) is 12.2 Å². The number of aromatic nitrogens is 2. The fourth-order valence-electron chi connectivity index (χ4n) is 1.84. The van der Waals surface area contributed by atoms with Gasteiger partial charge in [0.25, 0.3) is 5.91 Å². The molecule has 2 rings (SSSR count). The average molecular weight is 371 g/mol. The first-order valence-electron chi connectivity index (χ1n) is 8.10. The zero-order valence-electron chi connectivity index (χ0n) is 14.8. The summed E-state index contributed by atoms with van der Waals surface area (Å²) in [7, 11) is 0. The van der Waals surface area contributed by atoms with E-state index in [1.165, 1.54) is 6.07 Å². The van der Waals surface area contributed by atoms with Gasteiger partial charge < -0.3 is 20.1 Å². The topological polar surface area (TPSA) is 102 Å². The van der Waals surface area contributed by atoms with Crippen LogP contribution in [0, 0.1) is 0 Å². The monoisotopic (exact) mass is 370 g/mol. The second kappa shape index (κ2) is 7.86. The normalized spacial score (nSPS) is 15.2. The Kier molecular flexibility index (Phi) is 6.05. The van der Waals surface area contributed by atoms with Crippen molar-refractivity contribution in [1.29, 1.82) is 0 Å². The number of amides is 2. The third-order valence-corrected chi connectivity index (χ3v) is 3.41. The van der Waals surface area contributed by atoms with E-state index in [1.54, 1.807) is 27.7 Å². The average Bonchev–Trinajstić information content (AvgIpc) is 3.28. The zero-order valence-corrected chi connectivity index (χ0v) is 15.5. The number of rotatable bonds is 6. The molecule has 2 amide bonds. The Bertz CT molecular complexity index is 644. The van der Waals surface area contributed by atoms with Gasteiger partial charge in [0.15, 0.2) is 5.15 Å². The summed E-state index contributed by atoms with van der Waals surface area (Å²) in [4.78, 5) is 23.8. The van der Waals surface area contributed by atoms with Crippen molar-refractivity contribution in [3.63, 3.8) is 0 Å². The number of hydrogen-bond acceptors (Lipinski definition) is 6. The maximum absolute atomic E-state index is 12.1. The Hall–Kier alpha value is -2.09. The number of hydrogen-bond donors (Lipinski definition) is 2. The maximum atomic E-state index is 12.1. The van der Waals surface area contributed by atoms with Gasteiger partial charge in [0.05, 0.1) is 11.6 Å². The van der Waals surface area contributed by atoms with E-state index in [0.717, 1.165) is 12.8 Å². The standard InChI is InChI=1S/C16H23ClN4O4/c1-9(18-15(23)25-16(2,3)4)8-24-12-7-11(13(17)21-20-12)14(22)19-10-5-6-10/h7,9-10H,5-6,8H2,1-4H3,(H,18,23)(H,19,22). The predicted octanol–water partition coefficient (Wildman–Crippen LogP) is 2.31. The molecule has 0 aliphatic heterocycles. The highest BCUT2D eigenvalue weighted by Gasteiger charge is 2.25. The SMILES string of the molecule is CC(COc1cc(C(=O)NC2CC2)c(Cl)nn1)NC(=O)OC(C)(C)C. The van der Waals surface area contributed by atoms with Crippen LogP contribution in [0.15, 0.2) is 6.07 Å². The molecule has 0 saturated heterocycles. The molecule has 1 aliphatic rings. The van der Waals surface area contributed by atoms with Gasteiger partial charge in [-0.2, -0.15) is 0 Å². The molecule has 1 unspecified atom stereocenters. The molecule has 25 heavy (non-hydrogen) atoms. The number of carbonyl (C=O) groups is 2. The molecular weight excluding hydrogens is 348 g/mol. The molecule has 138 valence electrons. The lowest BCUT2D eigenvalue weighted by Crippen LogP contribution is -2.40. The van der Waals surface area contributed by atoms with Gasteiger partial charge in [0, 0.05) is 12.1 Å². The molecule has 0 aromatic carbocycles. The number of alkyl carbamates (subject to hydrolysis) is 1. The molecule has 8 nitrogen and oxygen atoms in total. The predicted molar refractivity (Wildman–Crippen MR) is 91.9 cm³/mol. The van der Waals surface area contributed by atoms with Gasteiger partial charge in [0.2, 0.25) is 5.88 Å². The number of ether oxygens (including phenoxy) is 2.